The molecule has 0 aliphatic carbocycles. The molecular weight excluding hydrogens is 178 g/mol. The second kappa shape index (κ2) is 5.65. The second-order valence-corrected chi connectivity index (χ2v) is 2.28. The summed E-state index contributed by atoms with van der Waals surface area (Å²) in [6, 6.07) is 0. The van der Waals surface area contributed by atoms with E-state index in [4.69, 9.17) is 20.4 Å². The highest BCUT2D eigenvalue weighted by Crippen LogP contribution is 2.02. The Morgan fingerprint density at radius 2 is 1.69 bits per heavy atom. The third kappa shape index (κ3) is 3.11. The molecule has 76 valence electrons. The average Bonchev–Trinajstić information content (AvgIpc) is 2.16. The number of carbonyl (C=O) groups excluding carboxylic acids is 1. The Bertz CT molecular complexity index is 174. The first kappa shape index (κ1) is 12.0. The Balaban J connectivity index is 4.53. The molecule has 0 aromatic heterocycles. The number of nitrogens with zero attached hydrogens (tertiary/aromatic N) is 1. The van der Waals surface area contributed by atoms with E-state index in [9.17, 15) is 4.79 Å². The lowest BCUT2D eigenvalue weighted by atomic mass is 10.4. The predicted molar refractivity (Wildman–Crippen MR) is 43.2 cm³/mol. The highest BCUT2D eigenvalue weighted by atomic mass is 16.4. The van der Waals surface area contributed by atoms with Crippen LogP contribution in [-0.2, 0) is 4.79 Å². The highest BCUT2D eigenvalue weighted by Gasteiger charge is 2.25. The summed E-state index contributed by atoms with van der Waals surface area (Å²) >= 11 is 0. The zero-order valence-corrected chi connectivity index (χ0v) is 7.00. The molecule has 1 amide bonds. The van der Waals surface area contributed by atoms with Crippen molar-refractivity contribution in [2.75, 3.05) is 13.2 Å². The summed E-state index contributed by atoms with van der Waals surface area (Å²) in [6.45, 7) is 1.69. The van der Waals surface area contributed by atoms with Gasteiger partial charge >= 0.3 is 0 Å². The highest BCUT2D eigenvalue weighted by molar-refractivity contribution is 5.87. The molecule has 0 saturated heterocycles. The summed E-state index contributed by atoms with van der Waals surface area (Å²) < 4.78 is 0. The van der Waals surface area contributed by atoms with Crippen LogP contribution >= 0.6 is 0 Å². The van der Waals surface area contributed by atoms with Gasteiger partial charge in [-0.2, -0.15) is 0 Å². The molecule has 13 heavy (non-hydrogen) atoms. The maximum atomic E-state index is 11.0. The molecule has 0 spiro atoms. The summed E-state index contributed by atoms with van der Waals surface area (Å²) in [6.07, 6.45) is -2.24. The van der Waals surface area contributed by atoms with Crippen molar-refractivity contribution < 1.29 is 25.2 Å². The van der Waals surface area contributed by atoms with Crippen LogP contribution in [0.3, 0.4) is 0 Å². The first-order valence-electron chi connectivity index (χ1n) is 3.61. The lowest BCUT2D eigenvalue weighted by Crippen LogP contribution is -2.49. The summed E-state index contributed by atoms with van der Waals surface area (Å²) in [5.41, 5.74) is 0. The fraction of sp³-hybridized carbons (Fsp3) is 0.571. The van der Waals surface area contributed by atoms with E-state index >= 15 is 0 Å². The van der Waals surface area contributed by atoms with Crippen molar-refractivity contribution in [2.24, 2.45) is 0 Å². The molecule has 4 N–H and O–H groups in total. The van der Waals surface area contributed by atoms with E-state index in [0.717, 1.165) is 6.08 Å². The largest absolute Gasteiger partial charge is 0.392 e. The first-order chi connectivity index (χ1) is 6.08. The molecule has 0 radical (unpaired) electrons. The van der Waals surface area contributed by atoms with E-state index in [2.05, 4.69) is 6.58 Å². The van der Waals surface area contributed by atoms with Gasteiger partial charge in [0, 0.05) is 0 Å². The van der Waals surface area contributed by atoms with Gasteiger partial charge in [0.15, 0.2) is 12.5 Å². The number of rotatable bonds is 5. The van der Waals surface area contributed by atoms with Crippen LogP contribution in [0.2, 0.25) is 0 Å². The van der Waals surface area contributed by atoms with E-state index < -0.39 is 31.6 Å². The summed E-state index contributed by atoms with van der Waals surface area (Å²) in [7, 11) is 0. The predicted octanol–water partition coefficient (Wildman–Crippen LogP) is -2.38. The van der Waals surface area contributed by atoms with E-state index in [1.807, 2.05) is 0 Å². The van der Waals surface area contributed by atoms with Gasteiger partial charge in [-0.15, -0.1) is 0 Å². The van der Waals surface area contributed by atoms with E-state index in [-0.39, 0.29) is 0 Å². The molecule has 0 saturated carbocycles. The number of amides is 1. The van der Waals surface area contributed by atoms with Gasteiger partial charge < -0.3 is 20.4 Å². The second-order valence-electron chi connectivity index (χ2n) is 2.28. The van der Waals surface area contributed by atoms with Crippen LogP contribution in [-0.4, -0.2) is 56.9 Å². The van der Waals surface area contributed by atoms with E-state index in [0.29, 0.717) is 4.90 Å². The third-order valence-electron chi connectivity index (χ3n) is 1.40. The molecule has 6 heteroatoms. The van der Waals surface area contributed by atoms with Gasteiger partial charge in [-0.25, -0.2) is 0 Å². The van der Waals surface area contributed by atoms with Gasteiger partial charge in [0.2, 0.25) is 5.91 Å². The summed E-state index contributed by atoms with van der Waals surface area (Å²) in [5, 5.41) is 35.2. The number of hydrogen-bond acceptors (Lipinski definition) is 5. The van der Waals surface area contributed by atoms with Crippen molar-refractivity contribution in [3.63, 3.8) is 0 Å². The number of hydrogen-bond donors (Lipinski definition) is 4. The molecular formula is C7H13NO5. The van der Waals surface area contributed by atoms with Crippen molar-refractivity contribution >= 4 is 5.91 Å². The van der Waals surface area contributed by atoms with E-state index in [1.165, 1.54) is 0 Å². The Morgan fingerprint density at radius 1 is 1.31 bits per heavy atom. The quantitative estimate of drug-likeness (QED) is 0.287. The fourth-order valence-electron chi connectivity index (χ4n) is 0.774. The van der Waals surface area contributed by atoms with Crippen molar-refractivity contribution in [3.8, 4) is 0 Å². The molecule has 0 aromatic rings. The zero-order chi connectivity index (χ0) is 10.4. The van der Waals surface area contributed by atoms with Crippen molar-refractivity contribution in [1.82, 2.24) is 4.90 Å². The Labute approximate surface area is 75.3 Å². The maximum absolute atomic E-state index is 11.0. The topological polar surface area (TPSA) is 101 Å². The van der Waals surface area contributed by atoms with Gasteiger partial charge in [-0.1, -0.05) is 6.58 Å². The minimum Gasteiger partial charge on any atom is -0.392 e. The monoisotopic (exact) mass is 191 g/mol. The number of aliphatic hydroxyl groups excluding tert-OH is 4. The smallest absolute Gasteiger partial charge is 0.250 e. The maximum Gasteiger partial charge on any atom is 0.250 e. The molecule has 6 nitrogen and oxygen atoms in total. The molecule has 0 heterocycles. The standard InChI is InChI=1S/C7H13NO5/c1-2-5(11)8(6(12)3-9)7(13)4-10/h2,6-7,9-10,12-13H,1,3-4H2. The van der Waals surface area contributed by atoms with Crippen LogP contribution < -0.4 is 0 Å². The number of carbonyl (C=O) groups is 1. The lowest BCUT2D eigenvalue weighted by molar-refractivity contribution is -0.164. The lowest BCUT2D eigenvalue weighted by Gasteiger charge is -2.29. The SMILES string of the molecule is C=CC(=O)N(C(O)CO)C(O)CO. The molecule has 2 atom stereocenters. The minimum atomic E-state index is -1.55. The zero-order valence-electron chi connectivity index (χ0n) is 7.00. The molecule has 0 bridgehead atoms. The Kier molecular flexibility index (Phi) is 5.24. The van der Waals surface area contributed by atoms with Crippen molar-refractivity contribution in [3.05, 3.63) is 12.7 Å². The summed E-state index contributed by atoms with van der Waals surface area (Å²) in [5.74, 6) is -0.775. The van der Waals surface area contributed by atoms with Gasteiger partial charge in [0.1, 0.15) is 0 Å². The molecule has 0 aliphatic heterocycles. The van der Waals surface area contributed by atoms with Crippen molar-refractivity contribution in [1.29, 1.82) is 0 Å². The van der Waals surface area contributed by atoms with Crippen LogP contribution in [0, 0.1) is 0 Å². The Hall–Kier alpha value is -0.950. The van der Waals surface area contributed by atoms with Crippen LogP contribution in [0.5, 0.6) is 0 Å². The fourth-order valence-corrected chi connectivity index (χ4v) is 0.774. The van der Waals surface area contributed by atoms with Gasteiger partial charge in [0.05, 0.1) is 13.2 Å². The van der Waals surface area contributed by atoms with Crippen LogP contribution in [0.4, 0.5) is 0 Å². The average molecular weight is 191 g/mol. The van der Waals surface area contributed by atoms with Crippen LogP contribution in [0.1, 0.15) is 0 Å². The molecule has 0 aliphatic rings. The molecule has 0 aromatic carbocycles. The van der Waals surface area contributed by atoms with E-state index in [1.54, 1.807) is 0 Å². The van der Waals surface area contributed by atoms with Crippen LogP contribution in [0.15, 0.2) is 12.7 Å². The van der Waals surface area contributed by atoms with Gasteiger partial charge in [-0.05, 0) is 6.08 Å². The summed E-state index contributed by atoms with van der Waals surface area (Å²) in [4.78, 5) is 11.5. The third-order valence-corrected chi connectivity index (χ3v) is 1.40. The molecule has 0 rings (SSSR count). The normalized spacial score (nSPS) is 14.8. The van der Waals surface area contributed by atoms with Gasteiger partial charge in [0.25, 0.3) is 0 Å². The van der Waals surface area contributed by atoms with Gasteiger partial charge in [-0.3, -0.25) is 9.69 Å². The minimum absolute atomic E-state index is 0.521. The van der Waals surface area contributed by atoms with Crippen molar-refractivity contribution in [2.45, 2.75) is 12.5 Å². The molecule has 2 unspecified atom stereocenters. The Morgan fingerprint density at radius 3 is 1.92 bits per heavy atom. The first-order valence-corrected chi connectivity index (χ1v) is 3.61. The van der Waals surface area contributed by atoms with Crippen LogP contribution in [0.25, 0.3) is 0 Å². The molecule has 0 fully saturated rings. The number of aliphatic hydroxyl groups is 4.